The Labute approximate surface area is 106 Å². The van der Waals surface area contributed by atoms with Crippen molar-refractivity contribution in [2.75, 3.05) is 12.4 Å². The van der Waals surface area contributed by atoms with Crippen LogP contribution in [0.3, 0.4) is 0 Å². The van der Waals surface area contributed by atoms with Crippen molar-refractivity contribution in [3.8, 4) is 0 Å². The van der Waals surface area contributed by atoms with E-state index in [-0.39, 0.29) is 17.6 Å². The maximum absolute atomic E-state index is 12.0. The zero-order valence-corrected chi connectivity index (χ0v) is 11.6. The molecule has 0 spiro atoms. The lowest BCUT2D eigenvalue weighted by molar-refractivity contribution is -0.143. The van der Waals surface area contributed by atoms with Crippen molar-refractivity contribution in [1.82, 2.24) is 0 Å². The topological polar surface area (TPSA) is 26.3 Å². The summed E-state index contributed by atoms with van der Waals surface area (Å²) in [5.41, 5.74) is 0. The summed E-state index contributed by atoms with van der Waals surface area (Å²) in [5.74, 6) is 0.393. The largest absolute Gasteiger partial charge is 0.465 e. The minimum atomic E-state index is -2.30. The van der Waals surface area contributed by atoms with Gasteiger partial charge < -0.3 is 4.74 Å². The SMILES string of the molecule is CCCOC(=O)C(CC(C)C)SCCC(F)F. The number of halogens is 2. The highest BCUT2D eigenvalue weighted by atomic mass is 32.2. The van der Waals surface area contributed by atoms with Crippen LogP contribution in [0.1, 0.15) is 40.0 Å². The van der Waals surface area contributed by atoms with Crippen LogP contribution in [0, 0.1) is 5.92 Å². The molecule has 0 N–H and O–H groups in total. The molecule has 0 aromatic carbocycles. The van der Waals surface area contributed by atoms with E-state index in [1.165, 1.54) is 11.8 Å². The maximum atomic E-state index is 12.0. The van der Waals surface area contributed by atoms with Gasteiger partial charge in [-0.2, -0.15) is 0 Å². The van der Waals surface area contributed by atoms with E-state index in [1.54, 1.807) is 0 Å². The van der Waals surface area contributed by atoms with Gasteiger partial charge in [0.2, 0.25) is 6.43 Å². The number of hydrogen-bond acceptors (Lipinski definition) is 3. The summed E-state index contributed by atoms with van der Waals surface area (Å²) < 4.78 is 29.1. The van der Waals surface area contributed by atoms with Gasteiger partial charge in [0.25, 0.3) is 0 Å². The van der Waals surface area contributed by atoms with Crippen LogP contribution in [-0.4, -0.2) is 30.0 Å². The summed E-state index contributed by atoms with van der Waals surface area (Å²) in [6, 6.07) is 0. The molecule has 0 aliphatic carbocycles. The van der Waals surface area contributed by atoms with Crippen LogP contribution < -0.4 is 0 Å². The first-order valence-electron chi connectivity index (χ1n) is 6.03. The van der Waals surface area contributed by atoms with Crippen LogP contribution in [0.15, 0.2) is 0 Å². The number of rotatable bonds is 9. The van der Waals surface area contributed by atoms with Gasteiger partial charge in [0.05, 0.1) is 6.61 Å². The predicted octanol–water partition coefficient (Wildman–Crippen LogP) is 3.74. The highest BCUT2D eigenvalue weighted by Gasteiger charge is 2.22. The number of hydrogen-bond donors (Lipinski definition) is 0. The van der Waals surface area contributed by atoms with Gasteiger partial charge in [0, 0.05) is 6.42 Å². The van der Waals surface area contributed by atoms with Crippen molar-refractivity contribution >= 4 is 17.7 Å². The first kappa shape index (κ1) is 16.7. The minimum absolute atomic E-state index is 0.166. The van der Waals surface area contributed by atoms with Crippen LogP contribution in [0.2, 0.25) is 0 Å². The second kappa shape index (κ2) is 9.68. The molecule has 0 aromatic heterocycles. The monoisotopic (exact) mass is 268 g/mol. The second-order valence-corrected chi connectivity index (χ2v) is 5.65. The molecular weight excluding hydrogens is 246 g/mol. The predicted molar refractivity (Wildman–Crippen MR) is 67.6 cm³/mol. The van der Waals surface area contributed by atoms with Crippen molar-refractivity contribution in [3.63, 3.8) is 0 Å². The summed E-state index contributed by atoms with van der Waals surface area (Å²) in [6.07, 6.45) is -1.01. The van der Waals surface area contributed by atoms with Crippen LogP contribution >= 0.6 is 11.8 Å². The Morgan fingerprint density at radius 1 is 1.35 bits per heavy atom. The quantitative estimate of drug-likeness (QED) is 0.596. The van der Waals surface area contributed by atoms with Crippen LogP contribution in [0.5, 0.6) is 0 Å². The number of thioether (sulfide) groups is 1. The molecular formula is C12H22F2O2S. The molecule has 2 nitrogen and oxygen atoms in total. The fourth-order valence-electron chi connectivity index (χ4n) is 1.26. The smallest absolute Gasteiger partial charge is 0.319 e. The molecule has 0 bridgehead atoms. The third-order valence-electron chi connectivity index (χ3n) is 2.05. The van der Waals surface area contributed by atoms with Gasteiger partial charge in [-0.1, -0.05) is 20.8 Å². The standard InChI is InChI=1S/C12H22F2O2S/c1-4-6-16-12(15)10(8-9(2)3)17-7-5-11(13)14/h9-11H,4-8H2,1-3H3. The number of ether oxygens (including phenoxy) is 1. The lowest BCUT2D eigenvalue weighted by Gasteiger charge is -2.17. The van der Waals surface area contributed by atoms with E-state index in [2.05, 4.69) is 0 Å². The van der Waals surface area contributed by atoms with E-state index in [9.17, 15) is 13.6 Å². The molecule has 0 rings (SSSR count). The molecule has 0 fully saturated rings. The lowest BCUT2D eigenvalue weighted by Crippen LogP contribution is -2.23. The average Bonchev–Trinajstić information content (AvgIpc) is 2.23. The zero-order chi connectivity index (χ0) is 13.3. The van der Waals surface area contributed by atoms with E-state index in [4.69, 9.17) is 4.74 Å². The van der Waals surface area contributed by atoms with Gasteiger partial charge in [-0.25, -0.2) is 8.78 Å². The van der Waals surface area contributed by atoms with Crippen molar-refractivity contribution in [2.24, 2.45) is 5.92 Å². The highest BCUT2D eigenvalue weighted by molar-refractivity contribution is 8.00. The molecule has 0 saturated heterocycles. The van der Waals surface area contributed by atoms with Gasteiger partial charge in [0.15, 0.2) is 0 Å². The fourth-order valence-corrected chi connectivity index (χ4v) is 2.58. The first-order valence-corrected chi connectivity index (χ1v) is 7.08. The second-order valence-electron chi connectivity index (χ2n) is 4.34. The van der Waals surface area contributed by atoms with Gasteiger partial charge in [0.1, 0.15) is 5.25 Å². The molecule has 0 heterocycles. The molecule has 0 radical (unpaired) electrons. The molecule has 102 valence electrons. The Bertz CT molecular complexity index is 211. The third-order valence-corrected chi connectivity index (χ3v) is 3.31. The Hall–Kier alpha value is -0.320. The van der Waals surface area contributed by atoms with Crippen LogP contribution in [0.25, 0.3) is 0 Å². The fraction of sp³-hybridized carbons (Fsp3) is 0.917. The molecule has 0 aliphatic rings. The minimum Gasteiger partial charge on any atom is -0.465 e. The van der Waals surface area contributed by atoms with Gasteiger partial charge in [-0.05, 0) is 24.5 Å². The van der Waals surface area contributed by atoms with E-state index >= 15 is 0 Å². The number of alkyl halides is 2. The Morgan fingerprint density at radius 2 is 2.00 bits per heavy atom. The van der Waals surface area contributed by atoms with Gasteiger partial charge in [-0.3, -0.25) is 4.79 Å². The molecule has 5 heteroatoms. The average molecular weight is 268 g/mol. The molecule has 1 unspecified atom stereocenters. The highest BCUT2D eigenvalue weighted by Crippen LogP contribution is 2.22. The molecule has 17 heavy (non-hydrogen) atoms. The summed E-state index contributed by atoms with van der Waals surface area (Å²) >= 11 is 1.28. The van der Waals surface area contributed by atoms with Crippen molar-refractivity contribution in [1.29, 1.82) is 0 Å². The number of carbonyl (C=O) groups excluding carboxylic acids is 1. The van der Waals surface area contributed by atoms with Crippen molar-refractivity contribution < 1.29 is 18.3 Å². The summed E-state index contributed by atoms with van der Waals surface area (Å²) in [6.45, 7) is 6.35. The Kier molecular flexibility index (Phi) is 9.50. The van der Waals surface area contributed by atoms with Crippen LogP contribution in [-0.2, 0) is 9.53 Å². The summed E-state index contributed by atoms with van der Waals surface area (Å²) in [4.78, 5) is 11.7. The lowest BCUT2D eigenvalue weighted by atomic mass is 10.1. The molecule has 0 aromatic rings. The maximum Gasteiger partial charge on any atom is 0.319 e. The van der Waals surface area contributed by atoms with Gasteiger partial charge in [-0.15, -0.1) is 11.8 Å². The number of esters is 1. The van der Waals surface area contributed by atoms with E-state index < -0.39 is 6.43 Å². The van der Waals surface area contributed by atoms with E-state index in [1.807, 2.05) is 20.8 Å². The summed E-state index contributed by atoms with van der Waals surface area (Å²) in [5, 5.41) is -0.305. The van der Waals surface area contributed by atoms with E-state index in [0.29, 0.717) is 24.7 Å². The summed E-state index contributed by atoms with van der Waals surface area (Å²) in [7, 11) is 0. The third kappa shape index (κ3) is 9.39. The Morgan fingerprint density at radius 3 is 2.47 bits per heavy atom. The molecule has 0 aliphatic heterocycles. The molecule has 0 amide bonds. The van der Waals surface area contributed by atoms with Crippen molar-refractivity contribution in [3.05, 3.63) is 0 Å². The van der Waals surface area contributed by atoms with Crippen LogP contribution in [0.4, 0.5) is 8.78 Å². The Balaban J connectivity index is 4.07. The number of carbonyl (C=O) groups is 1. The van der Waals surface area contributed by atoms with E-state index in [0.717, 1.165) is 6.42 Å². The normalized spacial score (nSPS) is 13.1. The molecule has 1 atom stereocenters. The first-order chi connectivity index (χ1) is 7.97. The van der Waals surface area contributed by atoms with Crippen molar-refractivity contribution in [2.45, 2.75) is 51.7 Å². The van der Waals surface area contributed by atoms with Gasteiger partial charge >= 0.3 is 5.97 Å². The zero-order valence-electron chi connectivity index (χ0n) is 10.7. The molecule has 0 saturated carbocycles.